The minimum atomic E-state index is -4.64. The van der Waals surface area contributed by atoms with Crippen molar-refractivity contribution >= 4 is 7.82 Å². The Morgan fingerprint density at radius 3 is 1.72 bits per heavy atom. The van der Waals surface area contributed by atoms with Crippen LogP contribution in [0.5, 0.6) is 5.75 Å². The first-order chi connectivity index (χ1) is 11.2. The quantitative estimate of drug-likeness (QED) is 0.348. The smallest absolute Gasteiger partial charge is 0.824 e. The van der Waals surface area contributed by atoms with Gasteiger partial charge in [0.25, 0.3) is 0 Å². The van der Waals surface area contributed by atoms with E-state index in [0.29, 0.717) is 11.8 Å². The molecule has 2 aliphatic carbocycles. The Hall–Kier alpha value is 0.0900. The van der Waals surface area contributed by atoms with Gasteiger partial charge < -0.3 is 24.5 Å². The molecule has 3 rings (SSSR count). The van der Waals surface area contributed by atoms with Crippen LogP contribution in [0.3, 0.4) is 0 Å². The van der Waals surface area contributed by atoms with Gasteiger partial charge in [-0.25, -0.2) is 4.57 Å². The standard InChI is InChI=1S/C17H23O2.Na.H3O4P/c1-11(13-6-7-13)15-4-3-5-16(17(15)19-10-18)12(2)14-8-9-14;;1-5(2,3)4/h3-5,11-14H,6-10H2,1-2H3;;(H3,1,2,3,4)/q-1;+1;. The molecule has 3 N–H and O–H groups in total. The van der Waals surface area contributed by atoms with Gasteiger partial charge in [-0.3, -0.25) is 0 Å². The summed E-state index contributed by atoms with van der Waals surface area (Å²) < 4.78 is 14.4. The van der Waals surface area contributed by atoms with Crippen molar-refractivity contribution in [1.82, 2.24) is 0 Å². The van der Waals surface area contributed by atoms with E-state index in [4.69, 9.17) is 24.0 Å². The Bertz CT molecular complexity index is 552. The summed E-state index contributed by atoms with van der Waals surface area (Å²) in [7, 11) is -4.64. The Balaban J connectivity index is 0.000000462. The van der Waals surface area contributed by atoms with Gasteiger partial charge in [-0.05, 0) is 60.5 Å². The summed E-state index contributed by atoms with van der Waals surface area (Å²) in [6.07, 6.45) is 5.28. The average Bonchev–Trinajstić information content (AvgIpc) is 3.38. The van der Waals surface area contributed by atoms with E-state index in [1.165, 1.54) is 36.8 Å². The van der Waals surface area contributed by atoms with Gasteiger partial charge >= 0.3 is 37.4 Å². The molecule has 0 radical (unpaired) electrons. The van der Waals surface area contributed by atoms with Crippen LogP contribution in [0.25, 0.3) is 0 Å². The fourth-order valence-electron chi connectivity index (χ4n) is 3.22. The van der Waals surface area contributed by atoms with E-state index in [1.54, 1.807) is 0 Å². The van der Waals surface area contributed by atoms with E-state index in [0.717, 1.165) is 17.6 Å². The summed E-state index contributed by atoms with van der Waals surface area (Å²) in [6, 6.07) is 6.44. The second-order valence-corrected chi connectivity index (χ2v) is 7.82. The van der Waals surface area contributed by atoms with Crippen LogP contribution >= 0.6 is 7.82 Å². The number of hydrogen-bond donors (Lipinski definition) is 3. The van der Waals surface area contributed by atoms with Gasteiger partial charge in [-0.15, -0.1) is 0 Å². The van der Waals surface area contributed by atoms with Gasteiger partial charge in [0.2, 0.25) is 0 Å². The summed E-state index contributed by atoms with van der Waals surface area (Å²) >= 11 is 0. The minimum absolute atomic E-state index is 0. The van der Waals surface area contributed by atoms with Crippen LogP contribution in [-0.4, -0.2) is 21.5 Å². The van der Waals surface area contributed by atoms with Crippen LogP contribution in [0, 0.1) is 11.8 Å². The first kappa shape index (κ1) is 23.1. The number of phosphoric acid groups is 1. The average molecular weight is 380 g/mol. The second-order valence-electron chi connectivity index (χ2n) is 6.79. The van der Waals surface area contributed by atoms with Crippen LogP contribution in [0.4, 0.5) is 0 Å². The number of hydrogen-bond acceptors (Lipinski definition) is 3. The third-order valence-electron chi connectivity index (χ3n) is 4.92. The van der Waals surface area contributed by atoms with Gasteiger partial charge in [0.05, 0.1) is 0 Å². The second kappa shape index (κ2) is 9.86. The molecule has 2 atom stereocenters. The van der Waals surface area contributed by atoms with E-state index in [2.05, 4.69) is 32.0 Å². The van der Waals surface area contributed by atoms with Crippen LogP contribution in [-0.2, 0) is 4.57 Å². The molecule has 6 nitrogen and oxygen atoms in total. The van der Waals surface area contributed by atoms with Crippen LogP contribution in [0.1, 0.15) is 62.5 Å². The summed E-state index contributed by atoms with van der Waals surface area (Å²) in [6.45, 7) is 4.07. The monoisotopic (exact) mass is 380 g/mol. The number of benzene rings is 1. The molecule has 1 aromatic rings. The van der Waals surface area contributed by atoms with Crippen molar-refractivity contribution in [3.8, 4) is 5.75 Å². The Morgan fingerprint density at radius 2 is 1.44 bits per heavy atom. The fraction of sp³-hybridized carbons (Fsp3) is 0.647. The predicted molar refractivity (Wildman–Crippen MR) is 88.5 cm³/mol. The Labute approximate surface area is 171 Å². The van der Waals surface area contributed by atoms with Crippen molar-refractivity contribution in [3.63, 3.8) is 0 Å². The number of para-hydroxylation sites is 1. The van der Waals surface area contributed by atoms with Crippen molar-refractivity contribution in [2.24, 2.45) is 11.8 Å². The molecule has 8 heteroatoms. The topological polar surface area (TPSA) is 110 Å². The maximum absolute atomic E-state index is 11.0. The fourth-order valence-corrected chi connectivity index (χ4v) is 3.22. The Kier molecular flexibility index (Phi) is 9.12. The zero-order valence-corrected chi connectivity index (χ0v) is 18.0. The van der Waals surface area contributed by atoms with E-state index in [1.807, 2.05) is 0 Å². The van der Waals surface area contributed by atoms with Gasteiger partial charge in [0.15, 0.2) is 0 Å². The SMILES string of the molecule is CC(c1cccc(C(C)C2CC2)c1OC[O-])C1CC1.O=P(O)(O)O.[Na+]. The first-order valence-corrected chi connectivity index (χ1v) is 9.90. The molecular formula is C17H26NaO6P. The molecule has 0 heterocycles. The van der Waals surface area contributed by atoms with Crippen molar-refractivity contribution in [3.05, 3.63) is 29.3 Å². The normalized spacial score (nSPS) is 19.1. The molecule has 0 spiro atoms. The maximum atomic E-state index is 11.0. The molecule has 0 aromatic heterocycles. The van der Waals surface area contributed by atoms with E-state index < -0.39 is 14.6 Å². The van der Waals surface area contributed by atoms with Crippen LogP contribution in [0.15, 0.2) is 18.2 Å². The molecule has 0 amide bonds. The molecule has 2 fully saturated rings. The van der Waals surface area contributed by atoms with Gasteiger partial charge in [0.1, 0.15) is 5.75 Å². The third-order valence-corrected chi connectivity index (χ3v) is 4.92. The third kappa shape index (κ3) is 7.69. The molecule has 2 unspecified atom stereocenters. The van der Waals surface area contributed by atoms with E-state index in [9.17, 15) is 5.11 Å². The molecule has 0 saturated heterocycles. The Morgan fingerprint density at radius 1 is 1.08 bits per heavy atom. The van der Waals surface area contributed by atoms with Crippen molar-refractivity contribution in [2.75, 3.05) is 6.79 Å². The number of rotatable bonds is 6. The van der Waals surface area contributed by atoms with Crippen molar-refractivity contribution in [1.29, 1.82) is 0 Å². The summed E-state index contributed by atoms with van der Waals surface area (Å²) in [5.74, 6) is 3.53. The van der Waals surface area contributed by atoms with Gasteiger partial charge in [0, 0.05) is 6.79 Å². The molecule has 1 aromatic carbocycles. The van der Waals surface area contributed by atoms with E-state index >= 15 is 0 Å². The molecule has 2 aliphatic rings. The van der Waals surface area contributed by atoms with Crippen molar-refractivity contribution < 1.29 is 58.6 Å². The van der Waals surface area contributed by atoms with Crippen LogP contribution in [0.2, 0.25) is 0 Å². The predicted octanol–water partition coefficient (Wildman–Crippen LogP) is -0.514. The molecule has 25 heavy (non-hydrogen) atoms. The van der Waals surface area contributed by atoms with Gasteiger partial charge in [-0.2, -0.15) is 0 Å². The maximum Gasteiger partial charge on any atom is 1.00 e. The molecule has 0 bridgehead atoms. The van der Waals surface area contributed by atoms with Crippen LogP contribution < -0.4 is 39.4 Å². The summed E-state index contributed by atoms with van der Waals surface area (Å²) in [5.41, 5.74) is 2.51. The van der Waals surface area contributed by atoms with Crippen molar-refractivity contribution in [2.45, 2.75) is 51.4 Å². The minimum Gasteiger partial charge on any atom is -0.824 e. The zero-order chi connectivity index (χ0) is 17.9. The first-order valence-electron chi connectivity index (χ1n) is 8.34. The molecule has 136 valence electrons. The van der Waals surface area contributed by atoms with Gasteiger partial charge in [-0.1, -0.05) is 32.0 Å². The molecule has 0 aliphatic heterocycles. The zero-order valence-electron chi connectivity index (χ0n) is 15.1. The summed E-state index contributed by atoms with van der Waals surface area (Å²) in [5, 5.41) is 11.0. The largest absolute Gasteiger partial charge is 1.00 e. The number of ether oxygens (including phenoxy) is 1. The summed E-state index contributed by atoms with van der Waals surface area (Å²) in [4.78, 5) is 21.6. The molecule has 2 saturated carbocycles. The van der Waals surface area contributed by atoms with E-state index in [-0.39, 0.29) is 29.6 Å². The molecular weight excluding hydrogens is 354 g/mol.